The van der Waals surface area contributed by atoms with Gasteiger partial charge in [-0.1, -0.05) is 39.7 Å². The maximum atomic E-state index is 12.0. The fraction of sp³-hybridized carbons (Fsp3) is 0.278. The van der Waals surface area contributed by atoms with Gasteiger partial charge < -0.3 is 10.1 Å². The van der Waals surface area contributed by atoms with Crippen LogP contribution < -0.4 is 10.1 Å². The summed E-state index contributed by atoms with van der Waals surface area (Å²) in [5, 5.41) is 3.63. The molecule has 2 aromatic rings. The third-order valence-electron chi connectivity index (χ3n) is 3.35. The van der Waals surface area contributed by atoms with Crippen molar-refractivity contribution in [2.75, 3.05) is 6.54 Å². The number of amides is 1. The molecule has 0 aliphatic rings. The first-order valence-corrected chi connectivity index (χ1v) is 8.66. The molecular formula is C18H19BrClNO2. The average molecular weight is 397 g/mol. The minimum atomic E-state index is -0.522. The van der Waals surface area contributed by atoms with E-state index in [-0.39, 0.29) is 5.91 Å². The largest absolute Gasteiger partial charge is 0.481 e. The van der Waals surface area contributed by atoms with Crippen LogP contribution >= 0.6 is 27.5 Å². The molecule has 0 bridgehead atoms. The van der Waals surface area contributed by atoms with Crippen LogP contribution in [0.3, 0.4) is 0 Å². The monoisotopic (exact) mass is 395 g/mol. The molecule has 23 heavy (non-hydrogen) atoms. The quantitative estimate of drug-likeness (QED) is 0.694. The number of hydrogen-bond acceptors (Lipinski definition) is 2. The van der Waals surface area contributed by atoms with Crippen LogP contribution in [0.4, 0.5) is 0 Å². The first-order chi connectivity index (χ1) is 11.0. The standard InChI is InChI=1S/C18H19BrClNO2/c1-13(23-17-10-6-15(19)7-11-17)18(22)21-12-2-3-14-4-8-16(20)9-5-14/h4-11,13H,2-3,12H2,1H3,(H,21,22)/t13-/m1/s1. The number of rotatable bonds is 7. The molecule has 0 spiro atoms. The van der Waals surface area contributed by atoms with E-state index in [1.165, 1.54) is 5.56 Å². The van der Waals surface area contributed by atoms with E-state index in [1.54, 1.807) is 6.92 Å². The Morgan fingerprint density at radius 1 is 1.17 bits per heavy atom. The van der Waals surface area contributed by atoms with Gasteiger partial charge in [-0.25, -0.2) is 0 Å². The summed E-state index contributed by atoms with van der Waals surface area (Å²) in [6.45, 7) is 2.37. The summed E-state index contributed by atoms with van der Waals surface area (Å²) in [6, 6.07) is 15.2. The molecule has 1 amide bonds. The van der Waals surface area contributed by atoms with E-state index >= 15 is 0 Å². The van der Waals surface area contributed by atoms with Crippen LogP contribution in [-0.4, -0.2) is 18.6 Å². The average Bonchev–Trinajstić information content (AvgIpc) is 2.55. The summed E-state index contributed by atoms with van der Waals surface area (Å²) < 4.78 is 6.59. The normalized spacial score (nSPS) is 11.8. The van der Waals surface area contributed by atoms with Crippen molar-refractivity contribution in [2.24, 2.45) is 0 Å². The van der Waals surface area contributed by atoms with Crippen molar-refractivity contribution >= 4 is 33.4 Å². The molecule has 0 heterocycles. The smallest absolute Gasteiger partial charge is 0.260 e. The van der Waals surface area contributed by atoms with Crippen LogP contribution in [0.25, 0.3) is 0 Å². The Balaban J connectivity index is 1.69. The van der Waals surface area contributed by atoms with Crippen molar-refractivity contribution in [1.29, 1.82) is 0 Å². The fourth-order valence-electron chi connectivity index (χ4n) is 2.07. The fourth-order valence-corrected chi connectivity index (χ4v) is 2.46. The van der Waals surface area contributed by atoms with Gasteiger partial charge in [0.25, 0.3) is 5.91 Å². The number of halogens is 2. The number of hydrogen-bond donors (Lipinski definition) is 1. The second-order valence-electron chi connectivity index (χ2n) is 5.24. The number of benzene rings is 2. The number of aryl methyl sites for hydroxylation is 1. The minimum absolute atomic E-state index is 0.107. The molecule has 122 valence electrons. The van der Waals surface area contributed by atoms with Gasteiger partial charge in [-0.15, -0.1) is 0 Å². The summed E-state index contributed by atoms with van der Waals surface area (Å²) in [4.78, 5) is 12.0. The Labute approximate surface area is 150 Å². The Kier molecular flexibility index (Phi) is 6.93. The Morgan fingerprint density at radius 2 is 1.83 bits per heavy atom. The number of ether oxygens (including phenoxy) is 1. The topological polar surface area (TPSA) is 38.3 Å². The lowest BCUT2D eigenvalue weighted by Crippen LogP contribution is -2.36. The molecule has 0 aromatic heterocycles. The van der Waals surface area contributed by atoms with Crippen LogP contribution in [-0.2, 0) is 11.2 Å². The zero-order valence-electron chi connectivity index (χ0n) is 12.9. The van der Waals surface area contributed by atoms with E-state index < -0.39 is 6.10 Å². The molecular weight excluding hydrogens is 378 g/mol. The molecule has 3 nitrogen and oxygen atoms in total. The zero-order valence-corrected chi connectivity index (χ0v) is 15.2. The van der Waals surface area contributed by atoms with Gasteiger partial charge in [0.1, 0.15) is 5.75 Å². The Morgan fingerprint density at radius 3 is 2.48 bits per heavy atom. The van der Waals surface area contributed by atoms with Crippen molar-refractivity contribution in [3.8, 4) is 5.75 Å². The van der Waals surface area contributed by atoms with Gasteiger partial charge in [-0.3, -0.25) is 4.79 Å². The molecule has 5 heteroatoms. The van der Waals surface area contributed by atoms with Gasteiger partial charge in [-0.05, 0) is 61.7 Å². The van der Waals surface area contributed by atoms with Crippen LogP contribution in [0.15, 0.2) is 53.0 Å². The van der Waals surface area contributed by atoms with Crippen molar-refractivity contribution in [1.82, 2.24) is 5.32 Å². The first kappa shape index (κ1) is 17.8. The molecule has 0 saturated carbocycles. The maximum Gasteiger partial charge on any atom is 0.260 e. The number of carbonyl (C=O) groups excluding carboxylic acids is 1. The molecule has 0 fully saturated rings. The van der Waals surface area contributed by atoms with Crippen molar-refractivity contribution in [3.63, 3.8) is 0 Å². The third kappa shape index (κ3) is 6.24. The molecule has 2 aromatic carbocycles. The summed E-state index contributed by atoms with van der Waals surface area (Å²) in [5.74, 6) is 0.570. The van der Waals surface area contributed by atoms with E-state index in [0.717, 1.165) is 22.3 Å². The highest BCUT2D eigenvalue weighted by Gasteiger charge is 2.13. The van der Waals surface area contributed by atoms with E-state index in [4.69, 9.17) is 16.3 Å². The summed E-state index contributed by atoms with van der Waals surface area (Å²) in [5.41, 5.74) is 1.21. The van der Waals surface area contributed by atoms with Crippen molar-refractivity contribution in [3.05, 3.63) is 63.6 Å². The third-order valence-corrected chi connectivity index (χ3v) is 4.13. The lowest BCUT2D eigenvalue weighted by atomic mass is 10.1. The molecule has 0 unspecified atom stereocenters. The van der Waals surface area contributed by atoms with Gasteiger partial charge in [0, 0.05) is 16.0 Å². The highest BCUT2D eigenvalue weighted by atomic mass is 79.9. The highest BCUT2D eigenvalue weighted by Crippen LogP contribution is 2.17. The first-order valence-electron chi connectivity index (χ1n) is 7.49. The second kappa shape index (κ2) is 8.94. The maximum absolute atomic E-state index is 12.0. The van der Waals surface area contributed by atoms with Gasteiger partial charge >= 0.3 is 0 Å². The second-order valence-corrected chi connectivity index (χ2v) is 6.59. The number of carbonyl (C=O) groups is 1. The lowest BCUT2D eigenvalue weighted by Gasteiger charge is -2.14. The van der Waals surface area contributed by atoms with Gasteiger partial charge in [-0.2, -0.15) is 0 Å². The molecule has 0 aliphatic carbocycles. The van der Waals surface area contributed by atoms with Gasteiger partial charge in [0.15, 0.2) is 6.10 Å². The van der Waals surface area contributed by atoms with Crippen LogP contribution in [0.5, 0.6) is 5.75 Å². The zero-order chi connectivity index (χ0) is 16.7. The molecule has 1 atom stereocenters. The van der Waals surface area contributed by atoms with Crippen LogP contribution in [0.1, 0.15) is 18.9 Å². The van der Waals surface area contributed by atoms with E-state index in [2.05, 4.69) is 21.2 Å². The van der Waals surface area contributed by atoms with Crippen LogP contribution in [0.2, 0.25) is 5.02 Å². The lowest BCUT2D eigenvalue weighted by molar-refractivity contribution is -0.127. The summed E-state index contributed by atoms with van der Waals surface area (Å²) in [7, 11) is 0. The van der Waals surface area contributed by atoms with Crippen molar-refractivity contribution in [2.45, 2.75) is 25.9 Å². The van der Waals surface area contributed by atoms with E-state index in [0.29, 0.717) is 12.3 Å². The van der Waals surface area contributed by atoms with Gasteiger partial charge in [0.2, 0.25) is 0 Å². The van der Waals surface area contributed by atoms with Crippen LogP contribution in [0, 0.1) is 0 Å². The SMILES string of the molecule is C[C@@H](Oc1ccc(Br)cc1)C(=O)NCCCc1ccc(Cl)cc1. The predicted molar refractivity (Wildman–Crippen MR) is 97.0 cm³/mol. The summed E-state index contributed by atoms with van der Waals surface area (Å²) in [6.07, 6.45) is 1.25. The summed E-state index contributed by atoms with van der Waals surface area (Å²) >= 11 is 9.21. The molecule has 1 N–H and O–H groups in total. The Bertz CT molecular complexity index is 628. The molecule has 0 saturated heterocycles. The predicted octanol–water partition coefficient (Wildman–Crippen LogP) is 4.62. The van der Waals surface area contributed by atoms with Gasteiger partial charge in [0.05, 0.1) is 0 Å². The van der Waals surface area contributed by atoms with E-state index in [1.807, 2.05) is 48.5 Å². The minimum Gasteiger partial charge on any atom is -0.481 e. The van der Waals surface area contributed by atoms with E-state index in [9.17, 15) is 4.79 Å². The Hall–Kier alpha value is -1.52. The highest BCUT2D eigenvalue weighted by molar-refractivity contribution is 9.10. The molecule has 2 rings (SSSR count). The molecule has 0 radical (unpaired) electrons. The van der Waals surface area contributed by atoms with Crippen molar-refractivity contribution < 1.29 is 9.53 Å². The number of nitrogens with one attached hydrogen (secondary N) is 1. The molecule has 0 aliphatic heterocycles.